The summed E-state index contributed by atoms with van der Waals surface area (Å²) in [6.45, 7) is 8.15. The Morgan fingerprint density at radius 3 is 2.15 bits per heavy atom. The Morgan fingerprint density at radius 1 is 0.951 bits per heavy atom. The summed E-state index contributed by atoms with van der Waals surface area (Å²) in [6, 6.07) is 7.14. The van der Waals surface area contributed by atoms with Gasteiger partial charge in [0.1, 0.15) is 41.8 Å². The fraction of sp³-hybridized carbons (Fsp3) is 0.485. The first kappa shape index (κ1) is 31.7. The monoisotopic (exact) mass is 566 g/mol. The van der Waals surface area contributed by atoms with E-state index in [9.17, 15) is 14.4 Å². The lowest BCUT2D eigenvalue weighted by Gasteiger charge is -2.36. The molecule has 0 spiro atoms. The molecule has 8 heteroatoms. The molecule has 3 rings (SSSR count). The number of rotatable bonds is 15. The Labute approximate surface area is 243 Å². The van der Waals surface area contributed by atoms with E-state index >= 15 is 0 Å². The molecule has 1 aliphatic heterocycles. The Bertz CT molecular complexity index is 1280. The minimum Gasteiger partial charge on any atom is -0.496 e. The van der Waals surface area contributed by atoms with Crippen LogP contribution in [0.5, 0.6) is 23.0 Å². The van der Waals surface area contributed by atoms with E-state index in [-0.39, 0.29) is 30.4 Å². The lowest BCUT2D eigenvalue weighted by atomic mass is 9.86. The van der Waals surface area contributed by atoms with Crippen molar-refractivity contribution in [2.24, 2.45) is 0 Å². The quantitative estimate of drug-likeness (QED) is 0.137. The van der Waals surface area contributed by atoms with Crippen molar-refractivity contribution >= 4 is 17.5 Å². The Hall–Kier alpha value is -3.81. The fourth-order valence-corrected chi connectivity index (χ4v) is 5.05. The van der Waals surface area contributed by atoms with Gasteiger partial charge < -0.3 is 23.7 Å². The number of methoxy groups -OCH3 is 2. The number of benzene rings is 2. The van der Waals surface area contributed by atoms with E-state index in [1.54, 1.807) is 19.2 Å². The first-order valence-electron chi connectivity index (χ1n) is 14.2. The van der Waals surface area contributed by atoms with Gasteiger partial charge in [-0.3, -0.25) is 14.4 Å². The van der Waals surface area contributed by atoms with Crippen molar-refractivity contribution in [1.29, 1.82) is 0 Å². The lowest BCUT2D eigenvalue weighted by molar-refractivity contribution is -0.141. The number of ketones is 2. The molecule has 0 bridgehead atoms. The van der Waals surface area contributed by atoms with Gasteiger partial charge in [-0.1, -0.05) is 26.7 Å². The normalized spacial score (nSPS) is 16.2. The Morgan fingerprint density at radius 2 is 1.56 bits per heavy atom. The van der Waals surface area contributed by atoms with Crippen molar-refractivity contribution in [1.82, 2.24) is 0 Å². The highest BCUT2D eigenvalue weighted by Crippen LogP contribution is 2.42. The van der Waals surface area contributed by atoms with Crippen LogP contribution in [-0.2, 0) is 22.4 Å². The van der Waals surface area contributed by atoms with Gasteiger partial charge in [0, 0.05) is 17.5 Å². The molecule has 1 heterocycles. The van der Waals surface area contributed by atoms with Crippen LogP contribution < -0.4 is 18.9 Å². The zero-order valence-corrected chi connectivity index (χ0v) is 25.1. The van der Waals surface area contributed by atoms with Crippen LogP contribution in [0.3, 0.4) is 0 Å². The first-order chi connectivity index (χ1) is 19.7. The molecule has 1 unspecified atom stereocenters. The molecule has 2 aromatic carbocycles. The van der Waals surface area contributed by atoms with Crippen LogP contribution in [0.1, 0.15) is 91.6 Å². The third-order valence-electron chi connectivity index (χ3n) is 7.12. The molecule has 0 radical (unpaired) electrons. The second kappa shape index (κ2) is 14.7. The number of ether oxygens (including phenoxy) is 5. The van der Waals surface area contributed by atoms with Gasteiger partial charge in [-0.2, -0.15) is 0 Å². The van der Waals surface area contributed by atoms with E-state index in [4.69, 9.17) is 23.7 Å². The molecular weight excluding hydrogens is 524 g/mol. The zero-order valence-electron chi connectivity index (χ0n) is 25.1. The van der Waals surface area contributed by atoms with E-state index in [2.05, 4.69) is 13.8 Å². The van der Waals surface area contributed by atoms with Gasteiger partial charge in [-0.05, 0) is 69.5 Å². The second-order valence-electron chi connectivity index (χ2n) is 10.4. The fourth-order valence-electron chi connectivity index (χ4n) is 5.05. The summed E-state index contributed by atoms with van der Waals surface area (Å²) in [5, 5.41) is 0. The summed E-state index contributed by atoms with van der Waals surface area (Å²) >= 11 is 0. The summed E-state index contributed by atoms with van der Waals surface area (Å²) in [7, 11) is 2.92. The highest BCUT2D eigenvalue weighted by molar-refractivity contribution is 6.01. The van der Waals surface area contributed by atoms with Gasteiger partial charge in [0.2, 0.25) is 0 Å². The number of fused-ring (bicyclic) bond motifs is 1. The Kier molecular flexibility index (Phi) is 11.4. The third kappa shape index (κ3) is 7.90. The standard InChI is InChI=1S/C33H42O8/c1-7-11-25-28(15-13-23(22(3)34)31(25)38-6)39-19-9-10-20-40-29-16-14-24-27(35)21-33(4,18-17-30(36)37-5)41-32(24)26(29)12-8-2/h9-10,13-16H,7-8,11-12,17-21H2,1-6H3. The summed E-state index contributed by atoms with van der Waals surface area (Å²) in [4.78, 5) is 36.7. The summed E-state index contributed by atoms with van der Waals surface area (Å²) in [6.07, 6.45) is 7.67. The maximum absolute atomic E-state index is 13.0. The number of carbonyl (C=O) groups excluding carboxylic acids is 3. The van der Waals surface area contributed by atoms with Crippen LogP contribution in [0.4, 0.5) is 0 Å². The molecule has 2 aromatic rings. The molecule has 0 N–H and O–H groups in total. The molecule has 0 saturated carbocycles. The second-order valence-corrected chi connectivity index (χ2v) is 10.4. The smallest absolute Gasteiger partial charge is 0.305 e. The van der Waals surface area contributed by atoms with Crippen molar-refractivity contribution in [3.8, 4) is 23.0 Å². The minimum absolute atomic E-state index is 0.00466. The maximum atomic E-state index is 13.0. The third-order valence-corrected chi connectivity index (χ3v) is 7.12. The van der Waals surface area contributed by atoms with E-state index in [0.717, 1.165) is 30.4 Å². The predicted octanol–water partition coefficient (Wildman–Crippen LogP) is 6.49. The van der Waals surface area contributed by atoms with Gasteiger partial charge >= 0.3 is 5.97 Å². The van der Waals surface area contributed by atoms with Crippen LogP contribution in [-0.4, -0.2) is 50.6 Å². The minimum atomic E-state index is -0.793. The maximum Gasteiger partial charge on any atom is 0.305 e. The SMILES string of the molecule is CCCc1c(OCC=CCOc2ccc3c(c2CCC)OC(C)(CCC(=O)OC)CC3=O)ccc(C(C)=O)c1OC. The van der Waals surface area contributed by atoms with E-state index in [1.165, 1.54) is 14.0 Å². The van der Waals surface area contributed by atoms with Gasteiger partial charge in [0.25, 0.3) is 0 Å². The molecule has 41 heavy (non-hydrogen) atoms. The zero-order chi connectivity index (χ0) is 30.0. The molecule has 0 saturated heterocycles. The molecule has 0 amide bonds. The average Bonchev–Trinajstić information content (AvgIpc) is 2.95. The Balaban J connectivity index is 1.70. The van der Waals surface area contributed by atoms with Crippen LogP contribution in [0.15, 0.2) is 36.4 Å². The van der Waals surface area contributed by atoms with E-state index in [1.807, 2.05) is 31.2 Å². The predicted molar refractivity (Wildman–Crippen MR) is 157 cm³/mol. The van der Waals surface area contributed by atoms with Gasteiger partial charge in [0.05, 0.1) is 31.8 Å². The molecule has 1 aliphatic rings. The van der Waals surface area contributed by atoms with Crippen molar-refractivity contribution in [3.05, 3.63) is 58.7 Å². The summed E-state index contributed by atoms with van der Waals surface area (Å²) < 4.78 is 28.8. The molecular formula is C33H42O8. The topological polar surface area (TPSA) is 97.4 Å². The lowest BCUT2D eigenvalue weighted by Crippen LogP contribution is -2.40. The summed E-state index contributed by atoms with van der Waals surface area (Å²) in [5.41, 5.74) is 2.05. The number of Topliss-reactive ketones (excluding diaryl/α,β-unsaturated/α-hetero) is 2. The molecule has 0 aromatic heterocycles. The van der Waals surface area contributed by atoms with Gasteiger partial charge in [-0.25, -0.2) is 0 Å². The summed E-state index contributed by atoms with van der Waals surface area (Å²) in [5.74, 6) is 2.09. The first-order valence-corrected chi connectivity index (χ1v) is 14.2. The van der Waals surface area contributed by atoms with Crippen LogP contribution in [0, 0.1) is 0 Å². The molecule has 0 aliphatic carbocycles. The van der Waals surface area contributed by atoms with Crippen molar-refractivity contribution < 1.29 is 38.1 Å². The number of hydrogen-bond acceptors (Lipinski definition) is 8. The van der Waals surface area contributed by atoms with Crippen molar-refractivity contribution in [2.45, 2.75) is 78.2 Å². The van der Waals surface area contributed by atoms with Crippen LogP contribution in [0.2, 0.25) is 0 Å². The molecule has 0 fully saturated rings. The number of carbonyl (C=O) groups is 3. The molecule has 222 valence electrons. The van der Waals surface area contributed by atoms with Crippen LogP contribution in [0.25, 0.3) is 0 Å². The van der Waals surface area contributed by atoms with Crippen molar-refractivity contribution in [2.75, 3.05) is 27.4 Å². The van der Waals surface area contributed by atoms with Crippen LogP contribution >= 0.6 is 0 Å². The highest BCUT2D eigenvalue weighted by atomic mass is 16.5. The van der Waals surface area contributed by atoms with Gasteiger partial charge in [-0.15, -0.1) is 0 Å². The van der Waals surface area contributed by atoms with E-state index < -0.39 is 5.60 Å². The van der Waals surface area contributed by atoms with E-state index in [0.29, 0.717) is 60.2 Å². The molecule has 1 atom stereocenters. The molecule has 8 nitrogen and oxygen atoms in total. The van der Waals surface area contributed by atoms with Gasteiger partial charge in [0.15, 0.2) is 11.6 Å². The largest absolute Gasteiger partial charge is 0.496 e. The number of hydrogen-bond donors (Lipinski definition) is 0. The highest BCUT2D eigenvalue weighted by Gasteiger charge is 2.38. The van der Waals surface area contributed by atoms with Crippen molar-refractivity contribution in [3.63, 3.8) is 0 Å². The number of esters is 1. The average molecular weight is 567 g/mol.